The Hall–Kier alpha value is -0.0300. The summed E-state index contributed by atoms with van der Waals surface area (Å²) in [7, 11) is 0. The fourth-order valence-corrected chi connectivity index (χ4v) is 3.30. The Morgan fingerprint density at radius 2 is 1.45 bits per heavy atom. The third-order valence-corrected chi connectivity index (χ3v) is 4.48. The standard InChI is InChI=1S/C16H25N3.3ClH/c1-2-4-15(5-3-1)14-18-10-12-19(13-11-18)16-6-8-17-9-7-16;;;/h1-5,16-17H,6-14H2;3*1H. The van der Waals surface area contributed by atoms with Crippen molar-refractivity contribution in [1.82, 2.24) is 15.1 Å². The lowest BCUT2D eigenvalue weighted by atomic mass is 10.0. The average molecular weight is 369 g/mol. The minimum Gasteiger partial charge on any atom is -0.317 e. The Kier molecular flexibility index (Phi) is 11.5. The minimum atomic E-state index is 0. The van der Waals surface area contributed by atoms with Gasteiger partial charge in [-0.3, -0.25) is 9.80 Å². The molecule has 2 fully saturated rings. The highest BCUT2D eigenvalue weighted by Gasteiger charge is 2.24. The molecule has 128 valence electrons. The summed E-state index contributed by atoms with van der Waals surface area (Å²) >= 11 is 0. The second kappa shape index (κ2) is 11.5. The molecule has 2 heterocycles. The number of piperidine rings is 1. The second-order valence-electron chi connectivity index (χ2n) is 5.78. The maximum Gasteiger partial charge on any atom is 0.0234 e. The molecule has 0 aliphatic carbocycles. The van der Waals surface area contributed by atoms with Crippen LogP contribution in [-0.2, 0) is 6.54 Å². The Bertz CT molecular complexity index is 377. The number of nitrogens with zero attached hydrogens (tertiary/aromatic N) is 2. The first-order valence-corrected chi connectivity index (χ1v) is 7.63. The Labute approximate surface area is 153 Å². The van der Waals surface area contributed by atoms with Crippen molar-refractivity contribution in [1.29, 1.82) is 0 Å². The maximum absolute atomic E-state index is 3.46. The summed E-state index contributed by atoms with van der Waals surface area (Å²) in [6.07, 6.45) is 2.66. The van der Waals surface area contributed by atoms with Crippen LogP contribution in [0.3, 0.4) is 0 Å². The van der Waals surface area contributed by atoms with E-state index >= 15 is 0 Å². The Morgan fingerprint density at radius 3 is 2.05 bits per heavy atom. The summed E-state index contributed by atoms with van der Waals surface area (Å²) in [5.41, 5.74) is 1.44. The van der Waals surface area contributed by atoms with E-state index in [9.17, 15) is 0 Å². The van der Waals surface area contributed by atoms with Crippen molar-refractivity contribution in [3.05, 3.63) is 35.9 Å². The van der Waals surface area contributed by atoms with Gasteiger partial charge in [-0.05, 0) is 31.5 Å². The molecule has 3 rings (SSSR count). The number of hydrogen-bond donors (Lipinski definition) is 1. The zero-order valence-electron chi connectivity index (χ0n) is 12.9. The number of benzene rings is 1. The fourth-order valence-electron chi connectivity index (χ4n) is 3.30. The van der Waals surface area contributed by atoms with Gasteiger partial charge in [-0.2, -0.15) is 0 Å². The molecule has 3 nitrogen and oxygen atoms in total. The van der Waals surface area contributed by atoms with Gasteiger partial charge in [0, 0.05) is 38.8 Å². The molecule has 0 atom stereocenters. The smallest absolute Gasteiger partial charge is 0.0234 e. The van der Waals surface area contributed by atoms with Gasteiger partial charge in [0.1, 0.15) is 0 Å². The minimum absolute atomic E-state index is 0. The highest BCUT2D eigenvalue weighted by molar-refractivity contribution is 5.86. The number of nitrogens with one attached hydrogen (secondary N) is 1. The van der Waals surface area contributed by atoms with Gasteiger partial charge in [-0.15, -0.1) is 37.2 Å². The van der Waals surface area contributed by atoms with Gasteiger partial charge in [0.15, 0.2) is 0 Å². The zero-order chi connectivity index (χ0) is 12.9. The molecule has 22 heavy (non-hydrogen) atoms. The van der Waals surface area contributed by atoms with E-state index in [0.717, 1.165) is 12.6 Å². The van der Waals surface area contributed by atoms with Crippen molar-refractivity contribution in [2.45, 2.75) is 25.4 Å². The van der Waals surface area contributed by atoms with Crippen molar-refractivity contribution in [3.63, 3.8) is 0 Å². The van der Waals surface area contributed by atoms with Crippen LogP contribution >= 0.6 is 37.2 Å². The van der Waals surface area contributed by atoms with Crippen molar-refractivity contribution in [2.24, 2.45) is 0 Å². The molecular weight excluding hydrogens is 341 g/mol. The molecule has 0 unspecified atom stereocenters. The number of halogens is 3. The lowest BCUT2D eigenvalue weighted by Gasteiger charge is -2.40. The van der Waals surface area contributed by atoms with Gasteiger partial charge in [0.2, 0.25) is 0 Å². The van der Waals surface area contributed by atoms with Gasteiger partial charge in [0.25, 0.3) is 0 Å². The molecule has 2 aliphatic rings. The van der Waals surface area contributed by atoms with E-state index in [-0.39, 0.29) is 37.2 Å². The lowest BCUT2D eigenvalue weighted by Crippen LogP contribution is -2.52. The van der Waals surface area contributed by atoms with Crippen molar-refractivity contribution in [2.75, 3.05) is 39.3 Å². The molecular formula is C16H28Cl3N3. The van der Waals surface area contributed by atoms with E-state index in [2.05, 4.69) is 45.4 Å². The predicted octanol–water partition coefficient (Wildman–Crippen LogP) is 2.82. The van der Waals surface area contributed by atoms with Crippen LogP contribution in [0.2, 0.25) is 0 Å². The third-order valence-electron chi connectivity index (χ3n) is 4.48. The Morgan fingerprint density at radius 1 is 0.864 bits per heavy atom. The van der Waals surface area contributed by atoms with Crippen LogP contribution in [0.15, 0.2) is 30.3 Å². The molecule has 1 N–H and O–H groups in total. The molecule has 0 radical (unpaired) electrons. The van der Waals surface area contributed by atoms with Gasteiger partial charge < -0.3 is 5.32 Å². The monoisotopic (exact) mass is 367 g/mol. The van der Waals surface area contributed by atoms with Gasteiger partial charge in [0.05, 0.1) is 0 Å². The van der Waals surface area contributed by atoms with Gasteiger partial charge in [-0.1, -0.05) is 30.3 Å². The highest BCUT2D eigenvalue weighted by atomic mass is 35.5. The van der Waals surface area contributed by atoms with Crippen LogP contribution in [0.4, 0.5) is 0 Å². The number of rotatable bonds is 3. The molecule has 6 heteroatoms. The van der Waals surface area contributed by atoms with Crippen LogP contribution in [0.1, 0.15) is 18.4 Å². The van der Waals surface area contributed by atoms with Crippen molar-refractivity contribution < 1.29 is 0 Å². The summed E-state index contributed by atoms with van der Waals surface area (Å²) in [6, 6.07) is 11.7. The van der Waals surface area contributed by atoms with Crippen LogP contribution in [-0.4, -0.2) is 55.1 Å². The zero-order valence-corrected chi connectivity index (χ0v) is 15.4. The quantitative estimate of drug-likeness (QED) is 0.885. The maximum atomic E-state index is 3.46. The molecule has 0 amide bonds. The summed E-state index contributed by atoms with van der Waals surface area (Å²) < 4.78 is 0. The van der Waals surface area contributed by atoms with Gasteiger partial charge in [-0.25, -0.2) is 0 Å². The van der Waals surface area contributed by atoms with Crippen LogP contribution in [0, 0.1) is 0 Å². The number of piperazine rings is 1. The summed E-state index contributed by atoms with van der Waals surface area (Å²) in [6.45, 7) is 8.46. The van der Waals surface area contributed by atoms with Crippen LogP contribution in [0.25, 0.3) is 0 Å². The van der Waals surface area contributed by atoms with E-state index in [1.165, 1.54) is 57.7 Å². The molecule has 1 aromatic carbocycles. The van der Waals surface area contributed by atoms with E-state index < -0.39 is 0 Å². The van der Waals surface area contributed by atoms with Gasteiger partial charge >= 0.3 is 0 Å². The molecule has 2 saturated heterocycles. The van der Waals surface area contributed by atoms with Crippen LogP contribution < -0.4 is 5.32 Å². The molecule has 0 spiro atoms. The van der Waals surface area contributed by atoms with Crippen LogP contribution in [0.5, 0.6) is 0 Å². The first-order chi connectivity index (χ1) is 9.42. The predicted molar refractivity (Wildman–Crippen MR) is 101 cm³/mol. The van der Waals surface area contributed by atoms with E-state index in [0.29, 0.717) is 0 Å². The molecule has 1 aromatic rings. The van der Waals surface area contributed by atoms with E-state index in [1.54, 1.807) is 0 Å². The lowest BCUT2D eigenvalue weighted by molar-refractivity contribution is 0.0784. The summed E-state index contributed by atoms with van der Waals surface area (Å²) in [5, 5.41) is 3.46. The second-order valence-corrected chi connectivity index (χ2v) is 5.78. The summed E-state index contributed by atoms with van der Waals surface area (Å²) in [4.78, 5) is 5.30. The first-order valence-electron chi connectivity index (χ1n) is 7.63. The fraction of sp³-hybridized carbons (Fsp3) is 0.625. The average Bonchev–Trinajstić information content (AvgIpc) is 2.50. The van der Waals surface area contributed by atoms with Crippen molar-refractivity contribution in [3.8, 4) is 0 Å². The van der Waals surface area contributed by atoms with Crippen molar-refractivity contribution >= 4 is 37.2 Å². The molecule has 0 aromatic heterocycles. The highest BCUT2D eigenvalue weighted by Crippen LogP contribution is 2.15. The molecule has 0 saturated carbocycles. The molecule has 2 aliphatic heterocycles. The third kappa shape index (κ3) is 6.23. The molecule has 0 bridgehead atoms. The first kappa shape index (κ1) is 22.0. The largest absolute Gasteiger partial charge is 0.317 e. The Balaban J connectivity index is 0.00000147. The van der Waals surface area contributed by atoms with E-state index in [1.807, 2.05) is 0 Å². The topological polar surface area (TPSA) is 18.5 Å². The number of hydrogen-bond acceptors (Lipinski definition) is 3. The normalized spacial score (nSPS) is 20.4. The summed E-state index contributed by atoms with van der Waals surface area (Å²) in [5.74, 6) is 0. The van der Waals surface area contributed by atoms with E-state index in [4.69, 9.17) is 0 Å². The SMILES string of the molecule is Cl.Cl.Cl.c1ccc(CN2CCN(C3CCNCC3)CC2)cc1.